The number of hydrogen-bond donors (Lipinski definition) is 2. The maximum Gasteiger partial charge on any atom is 0.231 e. The van der Waals surface area contributed by atoms with Crippen molar-refractivity contribution in [3.63, 3.8) is 0 Å². The number of nitrogens with one attached hydrogen (secondary N) is 1. The van der Waals surface area contributed by atoms with Gasteiger partial charge >= 0.3 is 0 Å². The monoisotopic (exact) mass is 276 g/mol. The van der Waals surface area contributed by atoms with E-state index in [4.69, 9.17) is 9.47 Å². The average Bonchev–Trinajstić information content (AvgIpc) is 2.76. The number of hydrogen-bond acceptors (Lipinski definition) is 2. The molecule has 0 aliphatic carbocycles. The molecule has 1 aromatic rings. The lowest BCUT2D eigenvalue weighted by molar-refractivity contribution is -0.947. The van der Waals surface area contributed by atoms with Gasteiger partial charge in [-0.2, -0.15) is 0 Å². The Kier molecular flexibility index (Phi) is 3.28. The van der Waals surface area contributed by atoms with Crippen LogP contribution in [0.15, 0.2) is 12.1 Å². The summed E-state index contributed by atoms with van der Waals surface area (Å²) in [5, 5.41) is 2.45. The van der Waals surface area contributed by atoms with Crippen molar-refractivity contribution in [2.24, 2.45) is 0 Å². The fraction of sp³-hybridized carbons (Fsp3) is 0.625. The van der Waals surface area contributed by atoms with Gasteiger partial charge in [-0.05, 0) is 37.8 Å². The highest BCUT2D eigenvalue weighted by Crippen LogP contribution is 2.36. The van der Waals surface area contributed by atoms with Crippen LogP contribution in [0.4, 0.5) is 0 Å². The third kappa shape index (κ3) is 2.17. The normalized spacial score (nSPS) is 26.1. The molecule has 4 rings (SSSR count). The second-order valence-corrected chi connectivity index (χ2v) is 6.26. The van der Waals surface area contributed by atoms with Crippen LogP contribution in [0.5, 0.6) is 11.5 Å². The maximum absolute atomic E-state index is 5.58. The minimum Gasteiger partial charge on any atom is -0.454 e. The zero-order valence-corrected chi connectivity index (χ0v) is 12.0. The van der Waals surface area contributed by atoms with E-state index in [1.165, 1.54) is 56.4 Å². The van der Waals surface area contributed by atoms with Gasteiger partial charge in [0.05, 0.1) is 13.1 Å². The van der Waals surface area contributed by atoms with Crippen molar-refractivity contribution in [3.8, 4) is 11.5 Å². The molecule has 0 saturated carbocycles. The number of fused-ring (bicyclic) bond motifs is 2. The molecule has 0 amide bonds. The molecule has 1 saturated heterocycles. The highest BCUT2D eigenvalue weighted by Gasteiger charge is 2.34. The Bertz CT molecular complexity index is 495. The summed E-state index contributed by atoms with van der Waals surface area (Å²) in [5.41, 5.74) is 2.95. The summed E-state index contributed by atoms with van der Waals surface area (Å²) in [6.45, 7) is 5.32. The Labute approximate surface area is 120 Å². The summed E-state index contributed by atoms with van der Waals surface area (Å²) in [4.78, 5) is 1.78. The van der Waals surface area contributed by atoms with Crippen molar-refractivity contribution in [3.05, 3.63) is 23.3 Å². The van der Waals surface area contributed by atoms with E-state index in [9.17, 15) is 0 Å². The molecule has 4 nitrogen and oxygen atoms in total. The lowest BCUT2D eigenvalue weighted by atomic mass is 9.94. The van der Waals surface area contributed by atoms with Crippen LogP contribution in [0.2, 0.25) is 0 Å². The molecule has 3 aliphatic heterocycles. The molecule has 4 heteroatoms. The van der Waals surface area contributed by atoms with Crippen LogP contribution in [0, 0.1) is 0 Å². The van der Waals surface area contributed by atoms with Crippen molar-refractivity contribution in [2.75, 3.05) is 26.4 Å². The van der Waals surface area contributed by atoms with Crippen molar-refractivity contribution in [1.29, 1.82) is 0 Å². The van der Waals surface area contributed by atoms with Crippen LogP contribution in [-0.4, -0.2) is 26.4 Å². The van der Waals surface area contributed by atoms with Crippen LogP contribution in [-0.2, 0) is 6.54 Å². The maximum atomic E-state index is 5.58. The second-order valence-electron chi connectivity index (χ2n) is 6.26. The van der Waals surface area contributed by atoms with Crippen LogP contribution >= 0.6 is 0 Å². The lowest BCUT2D eigenvalue weighted by Crippen LogP contribution is -3.15. The van der Waals surface area contributed by atoms with Gasteiger partial charge in [-0.1, -0.05) is 0 Å². The van der Waals surface area contributed by atoms with E-state index in [0.717, 1.165) is 18.0 Å². The quantitative estimate of drug-likeness (QED) is 0.757. The minimum absolute atomic E-state index is 0.378. The first-order valence-electron chi connectivity index (χ1n) is 8.00. The molecule has 3 heterocycles. The molecule has 1 atom stereocenters. The molecular formula is C16H24N2O2+2. The van der Waals surface area contributed by atoms with Crippen molar-refractivity contribution in [1.82, 2.24) is 0 Å². The second kappa shape index (κ2) is 5.26. The molecule has 0 radical (unpaired) electrons. The summed E-state index contributed by atoms with van der Waals surface area (Å²) in [6.07, 6.45) is 5.58. The Hall–Kier alpha value is -1.26. The molecular weight excluding hydrogens is 252 g/mol. The summed E-state index contributed by atoms with van der Waals surface area (Å²) in [7, 11) is 0. The predicted molar refractivity (Wildman–Crippen MR) is 75.0 cm³/mol. The SMILES string of the molecule is c1c2c(cc3c1OCO3)[C@@H]([NH+]1CCCCCC1)C[NH2+]C2. The number of rotatable bonds is 1. The predicted octanol–water partition coefficient (Wildman–Crippen LogP) is -0.00770. The zero-order chi connectivity index (χ0) is 13.4. The topological polar surface area (TPSA) is 39.5 Å². The number of likely N-dealkylation sites (tertiary alicyclic amines) is 1. The summed E-state index contributed by atoms with van der Waals surface area (Å²) in [5.74, 6) is 1.88. The third-order valence-electron chi connectivity index (χ3n) is 5.02. The zero-order valence-electron chi connectivity index (χ0n) is 12.0. The molecule has 0 aromatic heterocycles. The van der Waals surface area contributed by atoms with E-state index in [1.54, 1.807) is 4.90 Å². The van der Waals surface area contributed by atoms with E-state index in [2.05, 4.69) is 17.4 Å². The number of quaternary nitrogens is 2. The Morgan fingerprint density at radius 3 is 2.55 bits per heavy atom. The van der Waals surface area contributed by atoms with E-state index in [1.807, 2.05) is 0 Å². The fourth-order valence-electron chi connectivity index (χ4n) is 3.95. The minimum atomic E-state index is 0.378. The summed E-state index contributed by atoms with van der Waals surface area (Å²) in [6, 6.07) is 5.09. The van der Waals surface area contributed by atoms with Gasteiger partial charge in [0.2, 0.25) is 6.79 Å². The molecule has 3 N–H and O–H groups in total. The first-order valence-corrected chi connectivity index (χ1v) is 8.00. The lowest BCUT2D eigenvalue weighted by Gasteiger charge is -2.31. The number of nitrogens with two attached hydrogens (primary N) is 1. The van der Waals surface area contributed by atoms with E-state index in [0.29, 0.717) is 12.8 Å². The molecule has 0 bridgehead atoms. The summed E-state index contributed by atoms with van der Waals surface area (Å²) < 4.78 is 11.1. The first-order chi connectivity index (χ1) is 9.92. The van der Waals surface area contributed by atoms with Gasteiger partial charge in [0.15, 0.2) is 17.5 Å². The van der Waals surface area contributed by atoms with E-state index < -0.39 is 0 Å². The highest BCUT2D eigenvalue weighted by molar-refractivity contribution is 5.49. The van der Waals surface area contributed by atoms with E-state index in [-0.39, 0.29) is 0 Å². The Morgan fingerprint density at radius 1 is 1.00 bits per heavy atom. The number of benzene rings is 1. The molecule has 0 spiro atoms. The number of ether oxygens (including phenoxy) is 2. The van der Waals surface area contributed by atoms with Crippen LogP contribution in [0.1, 0.15) is 42.9 Å². The molecule has 3 aliphatic rings. The molecule has 0 unspecified atom stereocenters. The summed E-state index contributed by atoms with van der Waals surface area (Å²) >= 11 is 0. The van der Waals surface area contributed by atoms with Gasteiger partial charge in [0.1, 0.15) is 13.1 Å². The van der Waals surface area contributed by atoms with Crippen molar-refractivity contribution < 1.29 is 19.7 Å². The van der Waals surface area contributed by atoms with Gasteiger partial charge in [-0.15, -0.1) is 0 Å². The van der Waals surface area contributed by atoms with Crippen LogP contribution in [0.25, 0.3) is 0 Å². The van der Waals surface area contributed by atoms with Gasteiger partial charge in [0, 0.05) is 11.1 Å². The van der Waals surface area contributed by atoms with Gasteiger partial charge in [-0.25, -0.2) is 0 Å². The van der Waals surface area contributed by atoms with E-state index >= 15 is 0 Å². The average molecular weight is 276 g/mol. The largest absolute Gasteiger partial charge is 0.454 e. The smallest absolute Gasteiger partial charge is 0.231 e. The van der Waals surface area contributed by atoms with Crippen molar-refractivity contribution >= 4 is 0 Å². The molecule has 20 heavy (non-hydrogen) atoms. The fourth-order valence-corrected chi connectivity index (χ4v) is 3.95. The highest BCUT2D eigenvalue weighted by atomic mass is 16.7. The van der Waals surface area contributed by atoms with Crippen LogP contribution in [0.3, 0.4) is 0 Å². The Morgan fingerprint density at radius 2 is 1.75 bits per heavy atom. The van der Waals surface area contributed by atoms with Gasteiger partial charge in [-0.3, -0.25) is 0 Å². The van der Waals surface area contributed by atoms with Crippen LogP contribution < -0.4 is 19.7 Å². The van der Waals surface area contributed by atoms with Crippen molar-refractivity contribution in [2.45, 2.75) is 38.3 Å². The Balaban J connectivity index is 1.66. The molecule has 1 aromatic carbocycles. The standard InChI is InChI=1S/C16H22N2O2/c1-2-4-6-18(5-3-1)14-10-17-9-12-7-15-16(8-13(12)14)20-11-19-15/h7-8,14,17H,1-6,9-11H2/p+2/t14-/m0/s1. The molecule has 108 valence electrons. The van der Waals surface area contributed by atoms with Gasteiger partial charge in [0.25, 0.3) is 0 Å². The molecule has 1 fully saturated rings. The third-order valence-corrected chi connectivity index (χ3v) is 5.02. The van der Waals surface area contributed by atoms with Gasteiger partial charge < -0.3 is 19.7 Å². The first kappa shape index (κ1) is 12.5.